The summed E-state index contributed by atoms with van der Waals surface area (Å²) < 4.78 is 5.92. The second kappa shape index (κ2) is 8.40. The highest BCUT2D eigenvalue weighted by Crippen LogP contribution is 2.16. The van der Waals surface area contributed by atoms with Crippen LogP contribution in [0.3, 0.4) is 0 Å². The van der Waals surface area contributed by atoms with Crippen molar-refractivity contribution in [3.63, 3.8) is 0 Å². The van der Waals surface area contributed by atoms with Gasteiger partial charge in [0.1, 0.15) is 5.75 Å². The molecule has 1 fully saturated rings. The zero-order valence-electron chi connectivity index (χ0n) is 13.8. The molecule has 1 heterocycles. The van der Waals surface area contributed by atoms with Gasteiger partial charge in [-0.2, -0.15) is 0 Å². The molecule has 0 radical (unpaired) electrons. The minimum atomic E-state index is 0.728. The van der Waals surface area contributed by atoms with Crippen molar-refractivity contribution >= 4 is 0 Å². The van der Waals surface area contributed by atoms with Gasteiger partial charge in [-0.25, -0.2) is 0 Å². The second-order valence-corrected chi connectivity index (χ2v) is 6.21. The number of ether oxygens (including phenoxy) is 1. The van der Waals surface area contributed by atoms with E-state index in [9.17, 15) is 0 Å². The van der Waals surface area contributed by atoms with Crippen LogP contribution in [0.15, 0.2) is 18.2 Å². The van der Waals surface area contributed by atoms with E-state index in [1.807, 2.05) is 0 Å². The molecule has 1 aromatic carbocycles. The summed E-state index contributed by atoms with van der Waals surface area (Å²) in [6.07, 6.45) is 3.62. The van der Waals surface area contributed by atoms with Gasteiger partial charge in [0.2, 0.25) is 0 Å². The van der Waals surface area contributed by atoms with Gasteiger partial charge < -0.3 is 10.1 Å². The Morgan fingerprint density at radius 2 is 1.95 bits per heavy atom. The van der Waals surface area contributed by atoms with Crippen molar-refractivity contribution in [2.24, 2.45) is 0 Å². The summed E-state index contributed by atoms with van der Waals surface area (Å²) in [5.74, 6) is 1.01. The molecular weight excluding hydrogens is 260 g/mol. The molecule has 0 bridgehead atoms. The predicted molar refractivity (Wildman–Crippen MR) is 89.2 cm³/mol. The van der Waals surface area contributed by atoms with Crippen LogP contribution in [-0.4, -0.2) is 43.7 Å². The van der Waals surface area contributed by atoms with Crippen LogP contribution in [0.5, 0.6) is 5.75 Å². The number of hydrogen-bond donors (Lipinski definition) is 1. The van der Waals surface area contributed by atoms with Crippen LogP contribution in [0, 0.1) is 13.8 Å². The highest BCUT2D eigenvalue weighted by Gasteiger charge is 2.20. The first kappa shape index (κ1) is 16.3. The fourth-order valence-electron chi connectivity index (χ4n) is 3.19. The Kier molecular flexibility index (Phi) is 6.52. The zero-order valence-corrected chi connectivity index (χ0v) is 13.8. The first-order valence-corrected chi connectivity index (χ1v) is 8.35. The van der Waals surface area contributed by atoms with Crippen molar-refractivity contribution in [2.75, 3.05) is 32.8 Å². The Morgan fingerprint density at radius 1 is 1.19 bits per heavy atom. The lowest BCUT2D eigenvalue weighted by atomic mass is 10.1. The smallest absolute Gasteiger partial charge is 0.119 e. The van der Waals surface area contributed by atoms with Gasteiger partial charge in [0.25, 0.3) is 0 Å². The Hall–Kier alpha value is -1.06. The van der Waals surface area contributed by atoms with E-state index in [1.165, 1.54) is 37.1 Å². The van der Waals surface area contributed by atoms with E-state index in [4.69, 9.17) is 4.74 Å². The predicted octanol–water partition coefficient (Wildman–Crippen LogP) is 3.15. The number of nitrogens with one attached hydrogen (secondary N) is 1. The van der Waals surface area contributed by atoms with Crippen LogP contribution in [0.1, 0.15) is 37.3 Å². The Morgan fingerprint density at radius 3 is 2.57 bits per heavy atom. The van der Waals surface area contributed by atoms with Gasteiger partial charge in [0.05, 0.1) is 6.61 Å². The van der Waals surface area contributed by atoms with Crippen LogP contribution in [-0.2, 0) is 0 Å². The number of benzene rings is 1. The van der Waals surface area contributed by atoms with Crippen molar-refractivity contribution in [1.82, 2.24) is 10.2 Å². The number of hydrogen-bond acceptors (Lipinski definition) is 3. The lowest BCUT2D eigenvalue weighted by Crippen LogP contribution is -2.38. The number of nitrogens with zero attached hydrogens (tertiary/aromatic N) is 1. The molecule has 1 unspecified atom stereocenters. The average molecular weight is 290 g/mol. The summed E-state index contributed by atoms with van der Waals surface area (Å²) in [6.45, 7) is 12.0. The molecule has 3 nitrogen and oxygen atoms in total. The Balaban J connectivity index is 1.74. The molecule has 3 heteroatoms. The molecule has 21 heavy (non-hydrogen) atoms. The van der Waals surface area contributed by atoms with Gasteiger partial charge in [0.15, 0.2) is 0 Å². The molecule has 1 saturated heterocycles. The normalized spacial score (nSPS) is 18.4. The van der Waals surface area contributed by atoms with E-state index < -0.39 is 0 Å². The summed E-state index contributed by atoms with van der Waals surface area (Å²) in [4.78, 5) is 2.63. The maximum absolute atomic E-state index is 5.92. The molecule has 0 saturated carbocycles. The molecule has 1 atom stereocenters. The van der Waals surface area contributed by atoms with Gasteiger partial charge in [-0.05, 0) is 69.5 Å². The minimum absolute atomic E-state index is 0.728. The first-order valence-electron chi connectivity index (χ1n) is 8.35. The third-order valence-electron chi connectivity index (χ3n) is 4.12. The van der Waals surface area contributed by atoms with E-state index in [0.29, 0.717) is 0 Å². The quantitative estimate of drug-likeness (QED) is 0.744. The molecule has 1 N–H and O–H groups in total. The first-order chi connectivity index (χ1) is 10.2. The fourth-order valence-corrected chi connectivity index (χ4v) is 3.19. The van der Waals surface area contributed by atoms with Gasteiger partial charge in [-0.15, -0.1) is 0 Å². The average Bonchev–Trinajstić information content (AvgIpc) is 2.95. The van der Waals surface area contributed by atoms with Gasteiger partial charge in [-0.1, -0.05) is 13.0 Å². The lowest BCUT2D eigenvalue weighted by molar-refractivity contribution is 0.188. The largest absolute Gasteiger partial charge is 0.494 e. The lowest BCUT2D eigenvalue weighted by Gasteiger charge is -2.27. The molecule has 1 aliphatic rings. The number of aryl methyl sites for hydroxylation is 2. The van der Waals surface area contributed by atoms with E-state index in [2.05, 4.69) is 49.2 Å². The van der Waals surface area contributed by atoms with Crippen molar-refractivity contribution in [2.45, 2.75) is 46.1 Å². The summed E-state index contributed by atoms with van der Waals surface area (Å²) in [5.41, 5.74) is 2.55. The van der Waals surface area contributed by atoms with E-state index in [1.54, 1.807) is 0 Å². The molecule has 0 spiro atoms. The molecular formula is C18H30N2O. The van der Waals surface area contributed by atoms with E-state index in [-0.39, 0.29) is 0 Å². The minimum Gasteiger partial charge on any atom is -0.494 e. The van der Waals surface area contributed by atoms with Crippen LogP contribution in [0.2, 0.25) is 0 Å². The van der Waals surface area contributed by atoms with Crippen LogP contribution in [0.4, 0.5) is 0 Å². The molecule has 2 rings (SSSR count). The Bertz CT molecular complexity index is 407. The van der Waals surface area contributed by atoms with Crippen LogP contribution in [0.25, 0.3) is 0 Å². The molecule has 118 valence electrons. The molecule has 1 aliphatic heterocycles. The monoisotopic (exact) mass is 290 g/mol. The maximum Gasteiger partial charge on any atom is 0.119 e. The molecule has 0 amide bonds. The summed E-state index contributed by atoms with van der Waals surface area (Å²) in [6, 6.07) is 7.16. The highest BCUT2D eigenvalue weighted by molar-refractivity contribution is 5.32. The van der Waals surface area contributed by atoms with Crippen molar-refractivity contribution in [3.05, 3.63) is 29.3 Å². The van der Waals surface area contributed by atoms with Crippen molar-refractivity contribution < 1.29 is 4.74 Å². The molecule has 0 aromatic heterocycles. The standard InChI is InChI=1S/C18H30N2O/c1-4-8-20(17-6-7-19-14-17)9-5-10-21-18-12-15(2)11-16(3)13-18/h11-13,17,19H,4-10,14H2,1-3H3. The topological polar surface area (TPSA) is 24.5 Å². The van der Waals surface area contributed by atoms with E-state index >= 15 is 0 Å². The van der Waals surface area contributed by atoms with Crippen LogP contribution >= 0.6 is 0 Å². The molecule has 0 aliphatic carbocycles. The molecule has 1 aromatic rings. The number of rotatable bonds is 8. The van der Waals surface area contributed by atoms with Crippen molar-refractivity contribution in [3.8, 4) is 5.75 Å². The van der Waals surface area contributed by atoms with Gasteiger partial charge in [-0.3, -0.25) is 4.90 Å². The summed E-state index contributed by atoms with van der Waals surface area (Å²) in [5, 5.41) is 3.47. The summed E-state index contributed by atoms with van der Waals surface area (Å²) >= 11 is 0. The second-order valence-electron chi connectivity index (χ2n) is 6.21. The third kappa shape index (κ3) is 5.33. The highest BCUT2D eigenvalue weighted by atomic mass is 16.5. The zero-order chi connectivity index (χ0) is 15.1. The van der Waals surface area contributed by atoms with Crippen LogP contribution < -0.4 is 10.1 Å². The third-order valence-corrected chi connectivity index (χ3v) is 4.12. The van der Waals surface area contributed by atoms with E-state index in [0.717, 1.165) is 37.9 Å². The van der Waals surface area contributed by atoms with Gasteiger partial charge >= 0.3 is 0 Å². The Labute approximate surface area is 129 Å². The SMILES string of the molecule is CCCN(CCCOc1cc(C)cc(C)c1)C1CCNC1. The van der Waals surface area contributed by atoms with Gasteiger partial charge in [0, 0.05) is 19.1 Å². The fraction of sp³-hybridized carbons (Fsp3) is 0.667. The summed E-state index contributed by atoms with van der Waals surface area (Å²) in [7, 11) is 0. The maximum atomic E-state index is 5.92. The van der Waals surface area contributed by atoms with Crippen molar-refractivity contribution in [1.29, 1.82) is 0 Å².